The fourth-order valence-electron chi connectivity index (χ4n) is 2.97. The number of thioether (sulfide) groups is 1. The SMILES string of the molecule is CCCCC(N=C1NS(=O)(=O)c2ccccc21)C(=O)NCCSCc1ccsc1. The zero-order valence-corrected chi connectivity index (χ0v) is 18.7. The second-order valence-corrected chi connectivity index (χ2v) is 10.2. The summed E-state index contributed by atoms with van der Waals surface area (Å²) in [7, 11) is -3.61. The van der Waals surface area contributed by atoms with E-state index in [1.165, 1.54) is 5.56 Å². The summed E-state index contributed by atoms with van der Waals surface area (Å²) in [4.78, 5) is 17.4. The molecule has 1 aliphatic rings. The minimum absolute atomic E-state index is 0.161. The molecule has 0 saturated heterocycles. The second-order valence-electron chi connectivity index (χ2n) is 6.71. The number of amides is 1. The lowest BCUT2D eigenvalue weighted by atomic mass is 10.1. The lowest BCUT2D eigenvalue weighted by molar-refractivity contribution is -0.122. The van der Waals surface area contributed by atoms with Gasteiger partial charge in [-0.2, -0.15) is 23.1 Å². The van der Waals surface area contributed by atoms with Crippen molar-refractivity contribution in [2.45, 2.75) is 42.9 Å². The number of nitrogens with zero attached hydrogens (tertiary/aromatic N) is 1. The van der Waals surface area contributed by atoms with E-state index in [0.29, 0.717) is 18.5 Å². The topological polar surface area (TPSA) is 87.6 Å². The minimum atomic E-state index is -3.61. The van der Waals surface area contributed by atoms with Crippen LogP contribution >= 0.6 is 23.1 Å². The standard InChI is InChI=1S/C20H25N3O3S3/c1-2-3-7-17(20(24)21-10-12-28-14-15-9-11-27-13-15)22-19-16-6-4-5-8-18(16)29(25,26)23-19/h4-6,8-9,11,13,17H,2-3,7,10,12,14H2,1H3,(H,21,24)(H,22,23). The molecular formula is C20H25N3O3S3. The van der Waals surface area contributed by atoms with Gasteiger partial charge in [0.15, 0.2) is 0 Å². The van der Waals surface area contributed by atoms with E-state index in [-0.39, 0.29) is 16.6 Å². The lowest BCUT2D eigenvalue weighted by Gasteiger charge is -2.14. The van der Waals surface area contributed by atoms with Crippen molar-refractivity contribution in [3.8, 4) is 0 Å². The molecule has 1 aliphatic heterocycles. The maximum atomic E-state index is 12.7. The van der Waals surface area contributed by atoms with Gasteiger partial charge < -0.3 is 5.32 Å². The Hall–Kier alpha value is -1.84. The van der Waals surface area contributed by atoms with Gasteiger partial charge in [0, 0.05) is 23.6 Å². The summed E-state index contributed by atoms with van der Waals surface area (Å²) in [6, 6.07) is 8.20. The molecule has 9 heteroatoms. The summed E-state index contributed by atoms with van der Waals surface area (Å²) in [5, 5.41) is 7.14. The Kier molecular flexibility index (Phi) is 7.74. The smallest absolute Gasteiger partial charge is 0.263 e. The predicted molar refractivity (Wildman–Crippen MR) is 120 cm³/mol. The first kappa shape index (κ1) is 21.9. The quantitative estimate of drug-likeness (QED) is 0.542. The molecule has 2 N–H and O–H groups in total. The number of carbonyl (C=O) groups excluding carboxylic acids is 1. The Balaban J connectivity index is 1.62. The molecule has 0 fully saturated rings. The highest BCUT2D eigenvalue weighted by Crippen LogP contribution is 2.23. The van der Waals surface area contributed by atoms with Crippen LogP contribution in [0.5, 0.6) is 0 Å². The maximum Gasteiger partial charge on any atom is 0.263 e. The van der Waals surface area contributed by atoms with Gasteiger partial charge in [0.2, 0.25) is 5.91 Å². The van der Waals surface area contributed by atoms with E-state index in [2.05, 4.69) is 38.8 Å². The van der Waals surface area contributed by atoms with Gasteiger partial charge in [-0.25, -0.2) is 8.42 Å². The second kappa shape index (κ2) is 10.3. The molecule has 156 valence electrons. The van der Waals surface area contributed by atoms with Crippen LogP contribution < -0.4 is 10.0 Å². The number of thiophene rings is 1. The van der Waals surface area contributed by atoms with Crippen LogP contribution in [0.25, 0.3) is 0 Å². The molecule has 1 atom stereocenters. The van der Waals surface area contributed by atoms with Gasteiger partial charge in [0.25, 0.3) is 10.0 Å². The van der Waals surface area contributed by atoms with E-state index in [9.17, 15) is 13.2 Å². The number of rotatable bonds is 10. The number of carbonyl (C=O) groups is 1. The van der Waals surface area contributed by atoms with Crippen LogP contribution in [-0.4, -0.2) is 38.5 Å². The molecule has 2 aromatic rings. The van der Waals surface area contributed by atoms with Gasteiger partial charge in [-0.1, -0.05) is 31.9 Å². The first-order chi connectivity index (χ1) is 14.0. The highest BCUT2D eigenvalue weighted by Gasteiger charge is 2.31. The molecular weight excluding hydrogens is 426 g/mol. The summed E-state index contributed by atoms with van der Waals surface area (Å²) in [5.74, 6) is 1.84. The van der Waals surface area contributed by atoms with Crippen LogP contribution in [-0.2, 0) is 20.6 Å². The van der Waals surface area contributed by atoms with Gasteiger partial charge in [-0.05, 0) is 40.9 Å². The Bertz CT molecular complexity index is 956. The molecule has 6 nitrogen and oxygen atoms in total. The average molecular weight is 452 g/mol. The van der Waals surface area contributed by atoms with Crippen LogP contribution in [0.2, 0.25) is 0 Å². The van der Waals surface area contributed by atoms with Crippen molar-refractivity contribution in [2.24, 2.45) is 4.99 Å². The van der Waals surface area contributed by atoms with E-state index >= 15 is 0 Å². The van der Waals surface area contributed by atoms with Crippen LogP contribution in [0.3, 0.4) is 0 Å². The van der Waals surface area contributed by atoms with Gasteiger partial charge in [-0.15, -0.1) is 0 Å². The molecule has 0 spiro atoms. The maximum absolute atomic E-state index is 12.7. The highest BCUT2D eigenvalue weighted by molar-refractivity contribution is 7.98. The monoisotopic (exact) mass is 451 g/mol. The lowest BCUT2D eigenvalue weighted by Crippen LogP contribution is -2.36. The summed E-state index contributed by atoms with van der Waals surface area (Å²) >= 11 is 3.45. The fraction of sp³-hybridized carbons (Fsp3) is 0.400. The zero-order chi connectivity index (χ0) is 20.7. The molecule has 0 aliphatic carbocycles. The van der Waals surface area contributed by atoms with Gasteiger partial charge in [0.05, 0.1) is 4.90 Å². The van der Waals surface area contributed by atoms with Crippen molar-refractivity contribution in [3.63, 3.8) is 0 Å². The van der Waals surface area contributed by atoms with Crippen LogP contribution in [0.15, 0.2) is 51.0 Å². The molecule has 2 heterocycles. The molecule has 3 rings (SSSR count). The molecule has 29 heavy (non-hydrogen) atoms. The van der Waals surface area contributed by atoms with Crippen molar-refractivity contribution in [1.82, 2.24) is 10.0 Å². The van der Waals surface area contributed by atoms with E-state index in [0.717, 1.165) is 24.3 Å². The zero-order valence-electron chi connectivity index (χ0n) is 16.3. The number of hydrogen-bond acceptors (Lipinski definition) is 6. The molecule has 0 bridgehead atoms. The van der Waals surface area contributed by atoms with Crippen LogP contribution in [0, 0.1) is 0 Å². The average Bonchev–Trinajstić information content (AvgIpc) is 3.31. The number of aliphatic imine (C=N–C) groups is 1. The van der Waals surface area contributed by atoms with E-state index in [4.69, 9.17) is 0 Å². The van der Waals surface area contributed by atoms with Gasteiger partial charge in [-0.3, -0.25) is 14.5 Å². The number of benzene rings is 1. The Morgan fingerprint density at radius 1 is 1.31 bits per heavy atom. The summed E-state index contributed by atoms with van der Waals surface area (Å²) in [6.45, 7) is 2.61. The molecule has 1 aromatic heterocycles. The molecule has 1 aromatic carbocycles. The van der Waals surface area contributed by atoms with Crippen molar-refractivity contribution in [3.05, 3.63) is 52.2 Å². The van der Waals surface area contributed by atoms with Crippen molar-refractivity contribution < 1.29 is 13.2 Å². The predicted octanol–water partition coefficient (Wildman–Crippen LogP) is 3.40. The number of sulfonamides is 1. The Morgan fingerprint density at radius 2 is 2.14 bits per heavy atom. The summed E-state index contributed by atoms with van der Waals surface area (Å²) in [5.41, 5.74) is 1.82. The Labute approximate surface area is 180 Å². The number of hydrogen-bond donors (Lipinski definition) is 2. The minimum Gasteiger partial charge on any atom is -0.353 e. The van der Waals surface area contributed by atoms with Crippen molar-refractivity contribution in [1.29, 1.82) is 0 Å². The first-order valence-corrected chi connectivity index (χ1v) is 13.2. The highest BCUT2D eigenvalue weighted by atomic mass is 32.2. The number of amidine groups is 1. The van der Waals surface area contributed by atoms with Gasteiger partial charge >= 0.3 is 0 Å². The molecule has 1 amide bonds. The van der Waals surface area contributed by atoms with Crippen molar-refractivity contribution in [2.75, 3.05) is 12.3 Å². The van der Waals surface area contributed by atoms with E-state index < -0.39 is 16.1 Å². The van der Waals surface area contributed by atoms with Crippen LogP contribution in [0.4, 0.5) is 0 Å². The summed E-state index contributed by atoms with van der Waals surface area (Å²) < 4.78 is 27.0. The third-order valence-electron chi connectivity index (χ3n) is 4.48. The van der Waals surface area contributed by atoms with Crippen molar-refractivity contribution >= 4 is 44.9 Å². The largest absolute Gasteiger partial charge is 0.353 e. The third kappa shape index (κ3) is 5.83. The first-order valence-electron chi connectivity index (χ1n) is 9.58. The van der Waals surface area contributed by atoms with E-state index in [1.54, 1.807) is 47.4 Å². The molecule has 0 radical (unpaired) electrons. The van der Waals surface area contributed by atoms with E-state index in [1.807, 2.05) is 0 Å². The third-order valence-corrected chi connectivity index (χ3v) is 7.64. The number of nitrogens with one attached hydrogen (secondary N) is 2. The Morgan fingerprint density at radius 3 is 2.90 bits per heavy atom. The normalized spacial score (nSPS) is 16.9. The summed E-state index contributed by atoms with van der Waals surface area (Å²) in [6.07, 6.45) is 2.36. The molecule has 1 unspecified atom stereocenters. The number of unbranched alkanes of at least 4 members (excludes halogenated alkanes) is 1. The number of fused-ring (bicyclic) bond motifs is 1. The van der Waals surface area contributed by atoms with Gasteiger partial charge in [0.1, 0.15) is 11.9 Å². The fourth-order valence-corrected chi connectivity index (χ4v) is 5.79. The van der Waals surface area contributed by atoms with Crippen LogP contribution in [0.1, 0.15) is 37.3 Å². The molecule has 0 saturated carbocycles.